The number of carbonyl (C=O) groups is 1. The summed E-state index contributed by atoms with van der Waals surface area (Å²) in [6.07, 6.45) is 4.53. The van der Waals surface area contributed by atoms with Gasteiger partial charge in [0.1, 0.15) is 11.2 Å². The topological polar surface area (TPSA) is 41.1 Å². The van der Waals surface area contributed by atoms with Crippen LogP contribution in [0.4, 0.5) is 10.1 Å². The number of hydrogen-bond donors (Lipinski definition) is 2. The molecule has 2 aromatic carbocycles. The number of anilines is 1. The summed E-state index contributed by atoms with van der Waals surface area (Å²) in [5, 5.41) is 6.97. The predicted octanol–water partition coefficient (Wildman–Crippen LogP) is 5.41. The van der Waals surface area contributed by atoms with Gasteiger partial charge >= 0.3 is 0 Å². The fourth-order valence-electron chi connectivity index (χ4n) is 5.65. The van der Waals surface area contributed by atoms with Crippen molar-refractivity contribution in [2.75, 3.05) is 11.8 Å². The summed E-state index contributed by atoms with van der Waals surface area (Å²) in [6, 6.07) is 10.2. The van der Waals surface area contributed by atoms with Gasteiger partial charge in [-0.3, -0.25) is 4.79 Å². The summed E-state index contributed by atoms with van der Waals surface area (Å²) in [4.78, 5) is 13.7. The van der Waals surface area contributed by atoms with Crippen LogP contribution >= 0.6 is 23.2 Å². The Hall–Kier alpha value is -1.62. The maximum absolute atomic E-state index is 15.2. The number of amides is 1. The van der Waals surface area contributed by atoms with E-state index in [-0.39, 0.29) is 10.9 Å². The van der Waals surface area contributed by atoms with Gasteiger partial charge in [-0.2, -0.15) is 0 Å². The lowest BCUT2D eigenvalue weighted by molar-refractivity contribution is -0.124. The first-order chi connectivity index (χ1) is 13.9. The monoisotopic (exact) mass is 419 g/mol. The molecule has 2 heterocycles. The van der Waals surface area contributed by atoms with Crippen molar-refractivity contribution >= 4 is 34.8 Å². The van der Waals surface area contributed by atoms with Gasteiger partial charge in [0.15, 0.2) is 0 Å². The molecular weight excluding hydrogens is 398 g/mol. The van der Waals surface area contributed by atoms with Gasteiger partial charge in [0.25, 0.3) is 0 Å². The van der Waals surface area contributed by atoms with E-state index in [9.17, 15) is 4.79 Å². The maximum atomic E-state index is 15.2. The Morgan fingerprint density at radius 1 is 1.14 bits per heavy atom. The van der Waals surface area contributed by atoms with Crippen molar-refractivity contribution in [2.45, 2.75) is 49.0 Å². The van der Waals surface area contributed by atoms with Gasteiger partial charge in [0, 0.05) is 30.1 Å². The van der Waals surface area contributed by atoms with Gasteiger partial charge < -0.3 is 10.6 Å². The van der Waals surface area contributed by atoms with E-state index >= 15 is 4.39 Å². The van der Waals surface area contributed by atoms with Crippen molar-refractivity contribution in [3.63, 3.8) is 0 Å². The smallest absolute Gasteiger partial charge is 0.237 e. The lowest BCUT2D eigenvalue weighted by atomic mass is 9.56. The SMILES string of the molecule is [2H][C@H]1NC2(CCCCC2)[C@@]2(C(=O)Nc3cc(Cl)ccc32)[C@H]1c1cccc(Cl)c1F. The molecule has 1 aliphatic carbocycles. The minimum Gasteiger partial charge on any atom is -0.325 e. The normalized spacial score (nSPS) is 31.1. The Bertz CT molecular complexity index is 1010. The molecule has 1 amide bonds. The van der Waals surface area contributed by atoms with Crippen LogP contribution in [0.3, 0.4) is 0 Å². The first-order valence-electron chi connectivity index (χ1n) is 10.2. The second kappa shape index (κ2) is 6.45. The fourth-order valence-corrected chi connectivity index (χ4v) is 6.00. The minimum absolute atomic E-state index is 0.00387. The molecule has 0 bridgehead atoms. The van der Waals surface area contributed by atoms with E-state index in [0.29, 0.717) is 16.3 Å². The second-order valence-electron chi connectivity index (χ2n) is 8.03. The van der Waals surface area contributed by atoms with Crippen LogP contribution in [0, 0.1) is 5.82 Å². The van der Waals surface area contributed by atoms with E-state index in [1.165, 1.54) is 6.07 Å². The third-order valence-corrected chi connectivity index (χ3v) is 7.31. The van der Waals surface area contributed by atoms with Gasteiger partial charge in [-0.1, -0.05) is 60.7 Å². The van der Waals surface area contributed by atoms with Crippen molar-refractivity contribution in [1.82, 2.24) is 5.32 Å². The highest BCUT2D eigenvalue weighted by atomic mass is 35.5. The maximum Gasteiger partial charge on any atom is 0.237 e. The average molecular weight is 420 g/mol. The van der Waals surface area contributed by atoms with Crippen molar-refractivity contribution in [3.05, 3.63) is 63.4 Å². The quantitative estimate of drug-likeness (QED) is 0.648. The van der Waals surface area contributed by atoms with Crippen LogP contribution in [-0.2, 0) is 10.2 Å². The largest absolute Gasteiger partial charge is 0.325 e. The van der Waals surface area contributed by atoms with Gasteiger partial charge in [-0.15, -0.1) is 0 Å². The molecule has 2 aromatic rings. The first kappa shape index (κ1) is 17.3. The van der Waals surface area contributed by atoms with Crippen LogP contribution in [0.1, 0.15) is 50.5 Å². The molecule has 3 nitrogen and oxygen atoms in total. The molecule has 0 aromatic heterocycles. The Morgan fingerprint density at radius 2 is 1.93 bits per heavy atom. The fraction of sp³-hybridized carbons (Fsp3) is 0.409. The molecule has 5 rings (SSSR count). The second-order valence-corrected chi connectivity index (χ2v) is 8.87. The van der Waals surface area contributed by atoms with E-state index in [1.54, 1.807) is 24.3 Å². The van der Waals surface area contributed by atoms with Crippen molar-refractivity contribution < 1.29 is 10.6 Å². The van der Waals surface area contributed by atoms with Crippen LogP contribution in [-0.4, -0.2) is 18.0 Å². The van der Waals surface area contributed by atoms with Crippen LogP contribution in [0.25, 0.3) is 0 Å². The number of nitrogens with one attached hydrogen (secondary N) is 2. The molecule has 2 spiro atoms. The molecule has 2 aliphatic heterocycles. The Balaban J connectivity index is 1.82. The summed E-state index contributed by atoms with van der Waals surface area (Å²) in [5.41, 5.74) is 0.0486. The van der Waals surface area contributed by atoms with Gasteiger partial charge in [-0.05, 0) is 42.2 Å². The van der Waals surface area contributed by atoms with E-state index in [2.05, 4.69) is 10.6 Å². The first-order valence-corrected chi connectivity index (χ1v) is 10.4. The lowest BCUT2D eigenvalue weighted by Crippen LogP contribution is -2.60. The summed E-state index contributed by atoms with van der Waals surface area (Å²) in [6.45, 7) is -0.839. The molecule has 1 saturated heterocycles. The molecule has 146 valence electrons. The number of hydrogen-bond acceptors (Lipinski definition) is 2. The molecule has 3 aliphatic rings. The van der Waals surface area contributed by atoms with Gasteiger partial charge in [0.2, 0.25) is 5.91 Å². The van der Waals surface area contributed by atoms with Crippen LogP contribution in [0.2, 0.25) is 10.0 Å². The molecular formula is C22H21Cl2FN2O. The third kappa shape index (κ3) is 2.28. The zero-order valence-corrected chi connectivity index (χ0v) is 16.7. The number of halogens is 3. The third-order valence-electron chi connectivity index (χ3n) is 6.78. The van der Waals surface area contributed by atoms with Gasteiger partial charge in [0.05, 0.1) is 5.02 Å². The summed E-state index contributed by atoms with van der Waals surface area (Å²) in [7, 11) is 0. The number of carbonyl (C=O) groups excluding carboxylic acids is 1. The molecule has 2 N–H and O–H groups in total. The molecule has 3 atom stereocenters. The molecule has 2 fully saturated rings. The highest BCUT2D eigenvalue weighted by molar-refractivity contribution is 6.31. The molecule has 1 saturated carbocycles. The Morgan fingerprint density at radius 3 is 2.71 bits per heavy atom. The highest BCUT2D eigenvalue weighted by Gasteiger charge is 2.68. The van der Waals surface area contributed by atoms with E-state index < -0.39 is 29.2 Å². The van der Waals surface area contributed by atoms with E-state index in [4.69, 9.17) is 24.6 Å². The standard InChI is InChI=1S/C22H21Cl2FN2O/c23-13-7-8-15-18(11-13)27-20(28)22(15)16(14-5-4-6-17(24)19(14)25)12-26-21(22)9-2-1-3-10-21/h4-8,11,16,26H,1-3,9-10,12H2,(H,27,28)/t16-,22-/m1/s1/i12D/t12-,16-,22-. The van der Waals surface area contributed by atoms with Crippen molar-refractivity contribution in [1.29, 1.82) is 0 Å². The van der Waals surface area contributed by atoms with E-state index in [1.807, 2.05) is 6.07 Å². The van der Waals surface area contributed by atoms with Crippen LogP contribution in [0.5, 0.6) is 0 Å². The Kier molecular flexibility index (Phi) is 3.97. The summed E-state index contributed by atoms with van der Waals surface area (Å²) >= 11 is 12.3. The Labute approximate surface area is 175 Å². The van der Waals surface area contributed by atoms with Crippen molar-refractivity contribution in [2.24, 2.45) is 0 Å². The molecule has 0 unspecified atom stereocenters. The highest BCUT2D eigenvalue weighted by Crippen LogP contribution is 2.60. The van der Waals surface area contributed by atoms with Crippen molar-refractivity contribution in [3.8, 4) is 0 Å². The van der Waals surface area contributed by atoms with Gasteiger partial charge in [-0.25, -0.2) is 4.39 Å². The molecule has 6 heteroatoms. The zero-order chi connectivity index (χ0) is 20.4. The molecule has 28 heavy (non-hydrogen) atoms. The number of benzene rings is 2. The minimum atomic E-state index is -1.09. The lowest BCUT2D eigenvalue weighted by Gasteiger charge is -2.47. The van der Waals surface area contributed by atoms with Crippen LogP contribution in [0.15, 0.2) is 36.4 Å². The zero-order valence-electron chi connectivity index (χ0n) is 16.2. The predicted molar refractivity (Wildman–Crippen MR) is 110 cm³/mol. The van der Waals surface area contributed by atoms with E-state index in [0.717, 1.165) is 37.7 Å². The number of rotatable bonds is 1. The summed E-state index contributed by atoms with van der Waals surface area (Å²) in [5.74, 6) is -1.45. The van der Waals surface area contributed by atoms with Crippen LogP contribution < -0.4 is 10.6 Å². The molecule has 0 radical (unpaired) electrons. The summed E-state index contributed by atoms with van der Waals surface area (Å²) < 4.78 is 24.1. The average Bonchev–Trinajstić information content (AvgIpc) is 3.11. The number of fused-ring (bicyclic) bond motifs is 3.